The van der Waals surface area contributed by atoms with E-state index in [1.54, 1.807) is 6.08 Å². The maximum atomic E-state index is 12.9. The number of benzene rings is 1. The third-order valence-electron chi connectivity index (χ3n) is 5.15. The standard InChI is InChI=1S/C20H23N3O3/c1-14-13-23(18-5-3-2-4-17(14)18)20(25)11-15-10-16(24)12-19(21-15)22-6-8-26-9-7-22/h2-5,12,14H,6-11,13H2,1H3/t14-/m1/s1. The lowest BCUT2D eigenvalue weighted by molar-refractivity contribution is -0.117. The molecule has 0 unspecified atom stereocenters. The van der Waals surface area contributed by atoms with Gasteiger partial charge in [-0.1, -0.05) is 25.1 Å². The maximum absolute atomic E-state index is 12.9. The smallest absolute Gasteiger partial charge is 0.232 e. The number of hydrogen-bond acceptors (Lipinski definition) is 5. The molecule has 0 saturated carbocycles. The minimum atomic E-state index is 0.0107. The van der Waals surface area contributed by atoms with E-state index in [2.05, 4.69) is 22.9 Å². The summed E-state index contributed by atoms with van der Waals surface area (Å²) in [7, 11) is 0. The van der Waals surface area contributed by atoms with E-state index in [1.807, 2.05) is 23.1 Å². The number of hydrogen-bond donors (Lipinski definition) is 0. The van der Waals surface area contributed by atoms with Crippen LogP contribution in [0, 0.1) is 0 Å². The molecule has 136 valence electrons. The van der Waals surface area contributed by atoms with Crippen molar-refractivity contribution in [1.82, 2.24) is 4.90 Å². The highest BCUT2D eigenvalue weighted by molar-refractivity contribution is 6.16. The molecule has 0 spiro atoms. The normalized spacial score (nSPS) is 22.8. The third-order valence-corrected chi connectivity index (χ3v) is 5.15. The molecule has 0 aliphatic carbocycles. The number of ether oxygens (including phenoxy) is 1. The van der Waals surface area contributed by atoms with E-state index < -0.39 is 0 Å². The molecule has 0 N–H and O–H groups in total. The second-order valence-electron chi connectivity index (χ2n) is 7.06. The van der Waals surface area contributed by atoms with E-state index >= 15 is 0 Å². The number of ketones is 1. The van der Waals surface area contributed by atoms with Gasteiger partial charge in [0, 0.05) is 49.4 Å². The number of amides is 1. The Hall–Kier alpha value is -2.47. The zero-order chi connectivity index (χ0) is 18.1. The predicted molar refractivity (Wildman–Crippen MR) is 99.4 cm³/mol. The summed E-state index contributed by atoms with van der Waals surface area (Å²) in [5, 5.41) is 0. The quantitative estimate of drug-likeness (QED) is 0.835. The van der Waals surface area contributed by atoms with Crippen LogP contribution in [0.4, 0.5) is 5.69 Å². The largest absolute Gasteiger partial charge is 0.378 e. The van der Waals surface area contributed by atoms with Gasteiger partial charge in [0.2, 0.25) is 5.91 Å². The Labute approximate surface area is 153 Å². The Kier molecular flexibility index (Phi) is 4.59. The van der Waals surface area contributed by atoms with E-state index in [4.69, 9.17) is 4.74 Å². The van der Waals surface area contributed by atoms with Crippen molar-refractivity contribution in [3.63, 3.8) is 0 Å². The number of aliphatic imine (C=N–C) groups is 1. The lowest BCUT2D eigenvalue weighted by atomic mass is 10.0. The molecule has 1 aromatic carbocycles. The van der Waals surface area contributed by atoms with Crippen molar-refractivity contribution >= 4 is 23.1 Å². The average Bonchev–Trinajstić information content (AvgIpc) is 2.99. The number of anilines is 1. The molecule has 6 heteroatoms. The van der Waals surface area contributed by atoms with Crippen molar-refractivity contribution in [2.75, 3.05) is 37.7 Å². The first-order chi connectivity index (χ1) is 12.6. The summed E-state index contributed by atoms with van der Waals surface area (Å²) in [5.41, 5.74) is 2.84. The van der Waals surface area contributed by atoms with Crippen LogP contribution >= 0.6 is 0 Å². The van der Waals surface area contributed by atoms with Gasteiger partial charge in [0.05, 0.1) is 19.6 Å². The summed E-state index contributed by atoms with van der Waals surface area (Å²) in [6, 6.07) is 8.03. The van der Waals surface area contributed by atoms with Gasteiger partial charge in [0.1, 0.15) is 5.82 Å². The highest BCUT2D eigenvalue weighted by Gasteiger charge is 2.30. The minimum absolute atomic E-state index is 0.0107. The van der Waals surface area contributed by atoms with Crippen molar-refractivity contribution in [3.8, 4) is 0 Å². The van der Waals surface area contributed by atoms with E-state index in [0.717, 1.165) is 18.8 Å². The van der Waals surface area contributed by atoms with Crippen molar-refractivity contribution in [2.24, 2.45) is 4.99 Å². The highest BCUT2D eigenvalue weighted by atomic mass is 16.5. The fraction of sp³-hybridized carbons (Fsp3) is 0.450. The molecule has 6 nitrogen and oxygen atoms in total. The molecule has 3 aliphatic rings. The number of nitrogens with zero attached hydrogens (tertiary/aromatic N) is 3. The minimum Gasteiger partial charge on any atom is -0.378 e. The van der Waals surface area contributed by atoms with Gasteiger partial charge >= 0.3 is 0 Å². The first kappa shape index (κ1) is 17.0. The van der Waals surface area contributed by atoms with Gasteiger partial charge in [-0.05, 0) is 11.6 Å². The van der Waals surface area contributed by atoms with Crippen LogP contribution in [0.3, 0.4) is 0 Å². The summed E-state index contributed by atoms with van der Waals surface area (Å²) in [6.07, 6.45) is 2.01. The number of para-hydroxylation sites is 1. The number of morpholine rings is 1. The van der Waals surface area contributed by atoms with Crippen LogP contribution in [0.25, 0.3) is 0 Å². The van der Waals surface area contributed by atoms with E-state index in [9.17, 15) is 9.59 Å². The highest BCUT2D eigenvalue weighted by Crippen LogP contribution is 2.36. The molecule has 1 fully saturated rings. The van der Waals surface area contributed by atoms with Crippen molar-refractivity contribution in [3.05, 3.63) is 41.7 Å². The Bertz CT molecular complexity index is 793. The van der Waals surface area contributed by atoms with Gasteiger partial charge in [0.15, 0.2) is 5.78 Å². The molecule has 1 amide bonds. The second-order valence-corrected chi connectivity index (χ2v) is 7.06. The SMILES string of the molecule is C[C@@H]1CN(C(=O)CC2=NC(N3CCOCC3)=CC(=O)C2)c2ccccc21. The molecule has 26 heavy (non-hydrogen) atoms. The fourth-order valence-corrected chi connectivity index (χ4v) is 3.81. The Balaban J connectivity index is 1.50. The number of fused-ring (bicyclic) bond motifs is 1. The summed E-state index contributed by atoms with van der Waals surface area (Å²) < 4.78 is 5.36. The number of rotatable bonds is 3. The zero-order valence-electron chi connectivity index (χ0n) is 15.0. The van der Waals surface area contributed by atoms with Crippen LogP contribution in [-0.2, 0) is 14.3 Å². The number of allylic oxidation sites excluding steroid dienone is 1. The summed E-state index contributed by atoms with van der Waals surface area (Å²) in [6.45, 7) is 5.54. The predicted octanol–water partition coefficient (Wildman–Crippen LogP) is 2.11. The molecular weight excluding hydrogens is 330 g/mol. The summed E-state index contributed by atoms with van der Waals surface area (Å²) in [4.78, 5) is 33.5. The first-order valence-corrected chi connectivity index (χ1v) is 9.15. The Morgan fingerprint density at radius 2 is 2.04 bits per heavy atom. The first-order valence-electron chi connectivity index (χ1n) is 9.15. The van der Waals surface area contributed by atoms with Crippen molar-refractivity contribution < 1.29 is 14.3 Å². The molecule has 3 aliphatic heterocycles. The van der Waals surface area contributed by atoms with Crippen LogP contribution in [0.1, 0.15) is 31.2 Å². The number of carbonyl (C=O) groups excluding carboxylic acids is 2. The van der Waals surface area contributed by atoms with Crippen LogP contribution in [0.2, 0.25) is 0 Å². The second kappa shape index (κ2) is 7.03. The van der Waals surface area contributed by atoms with E-state index in [1.165, 1.54) is 5.56 Å². The van der Waals surface area contributed by atoms with Crippen molar-refractivity contribution in [1.29, 1.82) is 0 Å². The topological polar surface area (TPSA) is 62.2 Å². The molecule has 0 radical (unpaired) electrons. The molecule has 0 aromatic heterocycles. The molecule has 0 bridgehead atoms. The fourth-order valence-electron chi connectivity index (χ4n) is 3.81. The molecule has 1 saturated heterocycles. The molecule has 1 aromatic rings. The Morgan fingerprint density at radius 1 is 1.27 bits per heavy atom. The van der Waals surface area contributed by atoms with Crippen LogP contribution in [-0.4, -0.2) is 55.2 Å². The molecular formula is C20H23N3O3. The summed E-state index contributed by atoms with van der Waals surface area (Å²) in [5.74, 6) is 1.02. The molecule has 4 rings (SSSR count). The Morgan fingerprint density at radius 3 is 2.85 bits per heavy atom. The van der Waals surface area contributed by atoms with Crippen molar-refractivity contribution in [2.45, 2.75) is 25.7 Å². The van der Waals surface area contributed by atoms with Gasteiger partial charge in [-0.3, -0.25) is 9.59 Å². The van der Waals surface area contributed by atoms with E-state index in [-0.39, 0.29) is 24.5 Å². The zero-order valence-corrected chi connectivity index (χ0v) is 15.0. The lowest BCUT2D eigenvalue weighted by Crippen LogP contribution is -2.37. The molecule has 1 atom stereocenters. The van der Waals surface area contributed by atoms with Gasteiger partial charge in [-0.25, -0.2) is 4.99 Å². The van der Waals surface area contributed by atoms with E-state index in [0.29, 0.717) is 37.2 Å². The van der Waals surface area contributed by atoms with Gasteiger partial charge in [0.25, 0.3) is 0 Å². The van der Waals surface area contributed by atoms with Gasteiger partial charge in [-0.15, -0.1) is 0 Å². The van der Waals surface area contributed by atoms with Gasteiger partial charge < -0.3 is 14.5 Å². The van der Waals surface area contributed by atoms with Gasteiger partial charge in [-0.2, -0.15) is 0 Å². The van der Waals surface area contributed by atoms with Crippen LogP contribution in [0.5, 0.6) is 0 Å². The lowest BCUT2D eigenvalue weighted by Gasteiger charge is -2.30. The number of carbonyl (C=O) groups is 2. The third kappa shape index (κ3) is 3.29. The monoisotopic (exact) mass is 353 g/mol. The van der Waals surface area contributed by atoms with Crippen LogP contribution < -0.4 is 4.90 Å². The maximum Gasteiger partial charge on any atom is 0.232 e. The molecule has 3 heterocycles. The average molecular weight is 353 g/mol. The van der Waals surface area contributed by atoms with Crippen LogP contribution in [0.15, 0.2) is 41.2 Å². The summed E-state index contributed by atoms with van der Waals surface area (Å²) >= 11 is 0.